The van der Waals surface area contributed by atoms with Crippen molar-refractivity contribution in [2.45, 2.75) is 37.2 Å². The Bertz CT molecular complexity index is 701. The van der Waals surface area contributed by atoms with Crippen LogP contribution in [0.15, 0.2) is 18.2 Å². The number of carbonyl (C=O) groups excluding carboxylic acids is 1. The summed E-state index contributed by atoms with van der Waals surface area (Å²) in [6.45, 7) is 1.38. The van der Waals surface area contributed by atoms with Crippen molar-refractivity contribution in [3.05, 3.63) is 29.3 Å². The number of rotatable bonds is 5. The van der Waals surface area contributed by atoms with Crippen LogP contribution < -0.4 is 0 Å². The molecule has 0 spiro atoms. The van der Waals surface area contributed by atoms with Gasteiger partial charge in [-0.25, -0.2) is 0 Å². The number of hydrogen-bond acceptors (Lipinski definition) is 6. The maximum absolute atomic E-state index is 12.6. The Hall–Kier alpha value is -2.12. The van der Waals surface area contributed by atoms with E-state index < -0.39 is 47.8 Å². The van der Waals surface area contributed by atoms with Gasteiger partial charge in [-0.05, 0) is 36.1 Å². The summed E-state index contributed by atoms with van der Waals surface area (Å²) >= 11 is 0. The van der Waals surface area contributed by atoms with Gasteiger partial charge in [0.25, 0.3) is 0 Å². The van der Waals surface area contributed by atoms with Gasteiger partial charge in [-0.2, -0.15) is 0 Å². The zero-order valence-corrected chi connectivity index (χ0v) is 13.9. The minimum Gasteiger partial charge on any atom is -0.508 e. The Morgan fingerprint density at radius 1 is 1.28 bits per heavy atom. The van der Waals surface area contributed by atoms with Gasteiger partial charge in [-0.1, -0.05) is 13.0 Å². The number of aliphatic carboxylic acids is 1. The van der Waals surface area contributed by atoms with Crippen LogP contribution in [-0.4, -0.2) is 51.2 Å². The maximum atomic E-state index is 12.6. The number of benzene rings is 1. The van der Waals surface area contributed by atoms with Crippen molar-refractivity contribution in [3.8, 4) is 5.75 Å². The van der Waals surface area contributed by atoms with Crippen molar-refractivity contribution in [1.29, 1.82) is 0 Å². The first kappa shape index (κ1) is 17.7. The van der Waals surface area contributed by atoms with Crippen molar-refractivity contribution in [1.82, 2.24) is 0 Å². The quantitative estimate of drug-likeness (QED) is 0.583. The average molecular weight is 350 g/mol. The topological polar surface area (TPSA) is 124 Å². The predicted molar refractivity (Wildman–Crippen MR) is 86.1 cm³/mol. The highest BCUT2D eigenvalue weighted by atomic mass is 16.5. The summed E-state index contributed by atoms with van der Waals surface area (Å²) in [4.78, 5) is 24.5. The summed E-state index contributed by atoms with van der Waals surface area (Å²) in [6, 6.07) is 4.52. The molecular formula is C18H22O7. The Labute approximate surface area is 144 Å². The smallest absolute Gasteiger partial charge is 0.310 e. The lowest BCUT2D eigenvalue weighted by atomic mass is 9.50. The predicted octanol–water partition coefficient (Wildman–Crippen LogP) is 0.970. The number of aliphatic hydroxyl groups excluding tert-OH is 1. The first-order chi connectivity index (χ1) is 11.8. The number of fused-ring (bicyclic) bond motifs is 2. The molecule has 0 aliphatic heterocycles. The number of aliphatic hydroxyl groups is 2. The molecule has 25 heavy (non-hydrogen) atoms. The minimum absolute atomic E-state index is 0.0421. The third-order valence-electron chi connectivity index (χ3n) is 5.42. The molecule has 7 nitrogen and oxygen atoms in total. The standard InChI is InChI=1S/C18H22O7/c1-2-5-25-17(23)14-13(16(21)22)12-7-18(24,8-19)15(14)11-6-9(20)3-4-10(11)12/h3-4,6,12-15,19-20,24H,2,5,7-8H2,1H3,(H,21,22). The molecule has 3 aliphatic carbocycles. The zero-order chi connectivity index (χ0) is 18.4. The largest absolute Gasteiger partial charge is 0.508 e. The second kappa shape index (κ2) is 6.31. The van der Waals surface area contributed by atoms with Crippen molar-refractivity contribution in [2.75, 3.05) is 13.2 Å². The number of carboxylic acid groups (broad SMARTS) is 1. The van der Waals surface area contributed by atoms with Gasteiger partial charge in [0.2, 0.25) is 0 Å². The number of carboxylic acids is 1. The van der Waals surface area contributed by atoms with Gasteiger partial charge in [0.05, 0.1) is 30.7 Å². The summed E-state index contributed by atoms with van der Waals surface area (Å²) in [5.74, 6) is -5.62. The number of aromatic hydroxyl groups is 1. The van der Waals surface area contributed by atoms with Gasteiger partial charge in [-0.15, -0.1) is 0 Å². The molecule has 0 aromatic heterocycles. The van der Waals surface area contributed by atoms with Crippen LogP contribution in [-0.2, 0) is 14.3 Å². The molecule has 1 aromatic carbocycles. The fourth-order valence-electron chi connectivity index (χ4n) is 4.45. The van der Waals surface area contributed by atoms with E-state index in [1.54, 1.807) is 6.07 Å². The molecule has 7 heteroatoms. The Kier molecular flexibility index (Phi) is 4.47. The maximum Gasteiger partial charge on any atom is 0.310 e. The molecule has 5 unspecified atom stereocenters. The third kappa shape index (κ3) is 2.67. The van der Waals surface area contributed by atoms with E-state index in [0.29, 0.717) is 17.5 Å². The van der Waals surface area contributed by atoms with E-state index in [1.165, 1.54) is 12.1 Å². The molecule has 0 saturated heterocycles. The van der Waals surface area contributed by atoms with Gasteiger partial charge in [0.15, 0.2) is 0 Å². The van der Waals surface area contributed by atoms with Crippen LogP contribution in [0, 0.1) is 11.8 Å². The van der Waals surface area contributed by atoms with E-state index in [1.807, 2.05) is 6.92 Å². The van der Waals surface area contributed by atoms with Crippen LogP contribution in [0.25, 0.3) is 0 Å². The molecule has 1 fully saturated rings. The molecule has 2 bridgehead atoms. The highest BCUT2D eigenvalue weighted by molar-refractivity contribution is 5.85. The number of ether oxygens (including phenoxy) is 1. The van der Waals surface area contributed by atoms with E-state index in [0.717, 1.165) is 0 Å². The first-order valence-corrected chi connectivity index (χ1v) is 8.39. The lowest BCUT2D eigenvalue weighted by Crippen LogP contribution is -2.59. The summed E-state index contributed by atoms with van der Waals surface area (Å²) < 4.78 is 5.19. The zero-order valence-electron chi connectivity index (χ0n) is 13.9. The fourth-order valence-corrected chi connectivity index (χ4v) is 4.45. The van der Waals surface area contributed by atoms with E-state index in [4.69, 9.17) is 4.74 Å². The Morgan fingerprint density at radius 3 is 2.60 bits per heavy atom. The van der Waals surface area contributed by atoms with Crippen LogP contribution in [0.1, 0.15) is 42.7 Å². The van der Waals surface area contributed by atoms with Gasteiger partial charge in [-0.3, -0.25) is 9.59 Å². The van der Waals surface area contributed by atoms with E-state index in [-0.39, 0.29) is 18.8 Å². The molecule has 0 radical (unpaired) electrons. The normalized spacial score (nSPS) is 32.9. The monoisotopic (exact) mass is 350 g/mol. The van der Waals surface area contributed by atoms with Crippen molar-refractivity contribution < 1.29 is 34.8 Å². The van der Waals surface area contributed by atoms with Crippen molar-refractivity contribution >= 4 is 11.9 Å². The highest BCUT2D eigenvalue weighted by Gasteiger charge is 2.62. The molecule has 136 valence electrons. The molecular weight excluding hydrogens is 328 g/mol. The second-order valence-corrected chi connectivity index (χ2v) is 6.92. The van der Waals surface area contributed by atoms with Crippen molar-refractivity contribution in [3.63, 3.8) is 0 Å². The summed E-state index contributed by atoms with van der Waals surface area (Å²) in [7, 11) is 0. The number of phenols is 1. The SMILES string of the molecule is CCCOC(=O)C1C(C(=O)O)C2CC(O)(CO)C1c1cc(O)ccc12. The van der Waals surface area contributed by atoms with Crippen LogP contribution in [0.2, 0.25) is 0 Å². The van der Waals surface area contributed by atoms with Crippen LogP contribution in [0.3, 0.4) is 0 Å². The molecule has 4 rings (SSSR count). The first-order valence-electron chi connectivity index (χ1n) is 8.39. The van der Waals surface area contributed by atoms with Gasteiger partial charge < -0.3 is 25.2 Å². The van der Waals surface area contributed by atoms with Crippen molar-refractivity contribution in [2.24, 2.45) is 11.8 Å². The molecule has 5 atom stereocenters. The van der Waals surface area contributed by atoms with Gasteiger partial charge >= 0.3 is 11.9 Å². The summed E-state index contributed by atoms with van der Waals surface area (Å²) in [5.41, 5.74) is -0.440. The lowest BCUT2D eigenvalue weighted by molar-refractivity contribution is -0.176. The number of phenolic OH excluding ortho intramolecular Hbond substituents is 1. The molecule has 0 heterocycles. The molecule has 4 N–H and O–H groups in total. The second-order valence-electron chi connectivity index (χ2n) is 6.92. The lowest BCUT2D eigenvalue weighted by Gasteiger charge is -2.54. The van der Waals surface area contributed by atoms with Crippen LogP contribution >= 0.6 is 0 Å². The molecule has 3 aliphatic rings. The van der Waals surface area contributed by atoms with Crippen LogP contribution in [0.4, 0.5) is 0 Å². The summed E-state index contributed by atoms with van der Waals surface area (Å²) in [5, 5.41) is 40.2. The van der Waals surface area contributed by atoms with Crippen LogP contribution in [0.5, 0.6) is 5.75 Å². The van der Waals surface area contributed by atoms with E-state index in [2.05, 4.69) is 0 Å². The number of hydrogen-bond donors (Lipinski definition) is 4. The highest BCUT2D eigenvalue weighted by Crippen LogP contribution is 2.60. The fraction of sp³-hybridized carbons (Fsp3) is 0.556. The van der Waals surface area contributed by atoms with E-state index >= 15 is 0 Å². The molecule has 0 amide bonds. The van der Waals surface area contributed by atoms with Gasteiger partial charge in [0.1, 0.15) is 5.75 Å². The molecule has 1 saturated carbocycles. The third-order valence-corrected chi connectivity index (χ3v) is 5.42. The van der Waals surface area contributed by atoms with Gasteiger partial charge in [0, 0.05) is 11.8 Å². The Morgan fingerprint density at radius 2 is 2.00 bits per heavy atom. The number of esters is 1. The Balaban J connectivity index is 2.16. The molecule has 1 aromatic rings. The summed E-state index contributed by atoms with van der Waals surface area (Å²) in [6.07, 6.45) is 0.631. The number of carbonyl (C=O) groups is 2. The average Bonchev–Trinajstić information content (AvgIpc) is 2.58. The minimum atomic E-state index is -1.63. The van der Waals surface area contributed by atoms with E-state index in [9.17, 15) is 30.0 Å².